The van der Waals surface area contributed by atoms with E-state index in [4.69, 9.17) is 21.7 Å². The molecule has 156 valence electrons. The molecule has 2 aromatic carbocycles. The molecule has 2 aromatic rings. The molecular weight excluding hydrogens is 380 g/mol. The highest BCUT2D eigenvalue weighted by molar-refractivity contribution is 7.80. The van der Waals surface area contributed by atoms with E-state index in [0.717, 1.165) is 36.4 Å². The number of anilines is 1. The van der Waals surface area contributed by atoms with Crippen LogP contribution >= 0.6 is 12.2 Å². The van der Waals surface area contributed by atoms with Crippen LogP contribution in [0.15, 0.2) is 48.5 Å². The van der Waals surface area contributed by atoms with Crippen LogP contribution in [0, 0.1) is 5.92 Å². The van der Waals surface area contributed by atoms with E-state index in [0.29, 0.717) is 17.1 Å². The summed E-state index contributed by atoms with van der Waals surface area (Å²) in [4.78, 5) is 0. The molecule has 29 heavy (non-hydrogen) atoms. The van der Waals surface area contributed by atoms with E-state index in [1.54, 1.807) is 7.11 Å². The Morgan fingerprint density at radius 3 is 2.21 bits per heavy atom. The Labute approximate surface area is 180 Å². The maximum atomic E-state index is 6.03. The molecule has 0 radical (unpaired) electrons. The molecule has 4 nitrogen and oxygen atoms in total. The van der Waals surface area contributed by atoms with E-state index >= 15 is 0 Å². The number of nitrogens with one attached hydrogen (secondary N) is 2. The first-order chi connectivity index (χ1) is 14.0. The van der Waals surface area contributed by atoms with E-state index < -0.39 is 0 Å². The monoisotopic (exact) mass is 412 g/mol. The normalized spacial score (nSPS) is 15.2. The number of hydrogen-bond acceptors (Lipinski definition) is 3. The van der Waals surface area contributed by atoms with Crippen molar-refractivity contribution in [1.82, 2.24) is 5.32 Å². The van der Waals surface area contributed by atoms with E-state index in [2.05, 4.69) is 36.6 Å². The maximum Gasteiger partial charge on any atom is 0.171 e. The van der Waals surface area contributed by atoms with Crippen molar-refractivity contribution in [2.45, 2.75) is 58.1 Å². The fraction of sp³-hybridized carbons (Fsp3) is 0.458. The lowest BCUT2D eigenvalue weighted by molar-refractivity contribution is 0.210. The van der Waals surface area contributed by atoms with Gasteiger partial charge in [-0.2, -0.15) is 0 Å². The molecule has 0 aromatic heterocycles. The van der Waals surface area contributed by atoms with Crippen LogP contribution in [-0.4, -0.2) is 18.3 Å². The van der Waals surface area contributed by atoms with Gasteiger partial charge in [0.2, 0.25) is 0 Å². The predicted molar refractivity (Wildman–Crippen MR) is 124 cm³/mol. The van der Waals surface area contributed by atoms with Gasteiger partial charge in [0.25, 0.3) is 0 Å². The van der Waals surface area contributed by atoms with Crippen molar-refractivity contribution in [2.75, 3.05) is 12.4 Å². The maximum absolute atomic E-state index is 6.03. The molecule has 3 rings (SSSR count). The first-order valence-corrected chi connectivity index (χ1v) is 10.9. The van der Waals surface area contributed by atoms with Crippen molar-refractivity contribution in [3.8, 4) is 11.5 Å². The molecular formula is C24H32N2O2S. The van der Waals surface area contributed by atoms with E-state index in [1.165, 1.54) is 18.4 Å². The molecule has 5 heteroatoms. The van der Waals surface area contributed by atoms with Crippen LogP contribution in [0.2, 0.25) is 0 Å². The van der Waals surface area contributed by atoms with E-state index in [9.17, 15) is 0 Å². The van der Waals surface area contributed by atoms with Gasteiger partial charge in [-0.3, -0.25) is 0 Å². The highest BCUT2D eigenvalue weighted by Crippen LogP contribution is 2.26. The quantitative estimate of drug-likeness (QED) is 0.514. The average Bonchev–Trinajstić information content (AvgIpc) is 3.22. The second-order valence-electron chi connectivity index (χ2n) is 8.10. The Morgan fingerprint density at radius 2 is 1.62 bits per heavy atom. The van der Waals surface area contributed by atoms with Gasteiger partial charge in [0.1, 0.15) is 11.5 Å². The van der Waals surface area contributed by atoms with Gasteiger partial charge in [-0.15, -0.1) is 0 Å². The SMILES string of the molecule is COc1ccc(C(CC(C)C)NC(=S)Nc2ccc(OC3CCCC3)cc2)cc1. The van der Waals surface area contributed by atoms with Crippen LogP contribution in [0.4, 0.5) is 5.69 Å². The fourth-order valence-corrected chi connectivity index (χ4v) is 3.99. The Kier molecular flexibility index (Phi) is 7.76. The number of thiocarbonyl (C=S) groups is 1. The third kappa shape index (κ3) is 6.64. The van der Waals surface area contributed by atoms with E-state index in [1.807, 2.05) is 36.4 Å². The van der Waals surface area contributed by atoms with Gasteiger partial charge in [-0.1, -0.05) is 26.0 Å². The van der Waals surface area contributed by atoms with Gasteiger partial charge < -0.3 is 20.1 Å². The zero-order chi connectivity index (χ0) is 20.6. The molecule has 0 aliphatic heterocycles. The number of hydrogen-bond donors (Lipinski definition) is 2. The zero-order valence-corrected chi connectivity index (χ0v) is 18.4. The summed E-state index contributed by atoms with van der Waals surface area (Å²) in [6.07, 6.45) is 6.24. The standard InChI is InChI=1S/C24H32N2O2S/c1-17(2)16-23(18-8-12-20(27-3)13-9-18)26-24(29)25-19-10-14-22(15-11-19)28-21-6-4-5-7-21/h8-15,17,21,23H,4-7,16H2,1-3H3,(H2,25,26,29). The summed E-state index contributed by atoms with van der Waals surface area (Å²) < 4.78 is 11.3. The molecule has 1 fully saturated rings. The number of rotatable bonds is 8. The summed E-state index contributed by atoms with van der Waals surface area (Å²) >= 11 is 5.58. The van der Waals surface area contributed by atoms with E-state index in [-0.39, 0.29) is 6.04 Å². The summed E-state index contributed by atoms with van der Waals surface area (Å²) in [7, 11) is 1.68. The third-order valence-electron chi connectivity index (χ3n) is 5.25. The van der Waals surface area contributed by atoms with Crippen molar-refractivity contribution >= 4 is 23.0 Å². The largest absolute Gasteiger partial charge is 0.497 e. The van der Waals surface area contributed by atoms with Gasteiger partial charge in [0.15, 0.2) is 5.11 Å². The predicted octanol–water partition coefficient (Wildman–Crippen LogP) is 6.09. The summed E-state index contributed by atoms with van der Waals surface area (Å²) in [5.41, 5.74) is 2.16. The molecule has 0 saturated heterocycles. The highest BCUT2D eigenvalue weighted by atomic mass is 32.1. The van der Waals surface area contributed by atoms with Gasteiger partial charge in [-0.05, 0) is 92.2 Å². The zero-order valence-electron chi connectivity index (χ0n) is 17.6. The number of methoxy groups -OCH3 is 1. The van der Waals surface area contributed by atoms with Crippen LogP contribution < -0.4 is 20.1 Å². The van der Waals surface area contributed by atoms with Crippen molar-refractivity contribution in [3.63, 3.8) is 0 Å². The summed E-state index contributed by atoms with van der Waals surface area (Å²) in [5, 5.41) is 7.39. The molecule has 0 spiro atoms. The smallest absolute Gasteiger partial charge is 0.171 e. The van der Waals surface area contributed by atoms with Crippen molar-refractivity contribution in [2.24, 2.45) is 5.92 Å². The lowest BCUT2D eigenvalue weighted by Crippen LogP contribution is -2.33. The van der Waals surface area contributed by atoms with Gasteiger partial charge >= 0.3 is 0 Å². The van der Waals surface area contributed by atoms with Gasteiger partial charge in [0, 0.05) is 5.69 Å². The molecule has 1 aliphatic carbocycles. The highest BCUT2D eigenvalue weighted by Gasteiger charge is 2.17. The van der Waals surface area contributed by atoms with Crippen molar-refractivity contribution in [3.05, 3.63) is 54.1 Å². The number of ether oxygens (including phenoxy) is 2. The summed E-state index contributed by atoms with van der Waals surface area (Å²) in [6, 6.07) is 16.4. The second-order valence-corrected chi connectivity index (χ2v) is 8.51. The first kappa shape index (κ1) is 21.4. The van der Waals surface area contributed by atoms with Gasteiger partial charge in [-0.25, -0.2) is 0 Å². The molecule has 1 atom stereocenters. The molecule has 1 aliphatic rings. The minimum atomic E-state index is 0.144. The number of benzene rings is 2. The van der Waals surface area contributed by atoms with Crippen LogP contribution in [0.3, 0.4) is 0 Å². The lowest BCUT2D eigenvalue weighted by Gasteiger charge is -2.23. The minimum Gasteiger partial charge on any atom is -0.497 e. The second kappa shape index (κ2) is 10.5. The molecule has 1 unspecified atom stereocenters. The summed E-state index contributed by atoms with van der Waals surface area (Å²) in [5.74, 6) is 2.33. The summed E-state index contributed by atoms with van der Waals surface area (Å²) in [6.45, 7) is 4.44. The fourth-order valence-electron chi connectivity index (χ4n) is 3.73. The minimum absolute atomic E-state index is 0.144. The Balaban J connectivity index is 1.58. The lowest BCUT2D eigenvalue weighted by atomic mass is 9.97. The van der Waals surface area contributed by atoms with Crippen molar-refractivity contribution < 1.29 is 9.47 Å². The Morgan fingerprint density at radius 1 is 1.00 bits per heavy atom. The van der Waals surface area contributed by atoms with Crippen LogP contribution in [0.5, 0.6) is 11.5 Å². The van der Waals surface area contributed by atoms with Gasteiger partial charge in [0.05, 0.1) is 19.3 Å². The molecule has 0 amide bonds. The molecule has 1 saturated carbocycles. The first-order valence-electron chi connectivity index (χ1n) is 10.5. The Hall–Kier alpha value is -2.27. The average molecular weight is 413 g/mol. The molecule has 0 heterocycles. The van der Waals surface area contributed by atoms with Crippen LogP contribution in [0.25, 0.3) is 0 Å². The molecule has 2 N–H and O–H groups in total. The Bertz CT molecular complexity index is 768. The third-order valence-corrected chi connectivity index (χ3v) is 5.47. The van der Waals surface area contributed by atoms with Crippen molar-refractivity contribution in [1.29, 1.82) is 0 Å². The van der Waals surface area contributed by atoms with Crippen LogP contribution in [-0.2, 0) is 0 Å². The topological polar surface area (TPSA) is 42.5 Å². The molecule has 0 bridgehead atoms. The van der Waals surface area contributed by atoms with Crippen LogP contribution in [0.1, 0.15) is 57.6 Å².